The Labute approximate surface area is 124 Å². The molecular weight excluding hydrogens is 289 g/mol. The number of aromatic amines is 1. The molecule has 1 aromatic carbocycles. The van der Waals surface area contributed by atoms with Crippen LogP contribution in [0.1, 0.15) is 5.56 Å². The van der Waals surface area contributed by atoms with E-state index in [9.17, 15) is 9.60 Å². The number of imidazole rings is 1. The first-order valence-corrected chi connectivity index (χ1v) is 6.34. The summed E-state index contributed by atoms with van der Waals surface area (Å²) in [6.07, 6.45) is 3.05. The Kier molecular flexibility index (Phi) is 3.57. The van der Waals surface area contributed by atoms with E-state index < -0.39 is 5.82 Å². The summed E-state index contributed by atoms with van der Waals surface area (Å²) in [7, 11) is 1.38. The molecule has 112 valence electrons. The van der Waals surface area contributed by atoms with E-state index in [-0.39, 0.29) is 11.6 Å². The minimum Gasteiger partial charge on any atom is -0.494 e. The summed E-state index contributed by atoms with van der Waals surface area (Å²) in [5.41, 5.74) is 2.21. The Hall–Kier alpha value is -3.16. The Morgan fingerprint density at radius 1 is 1.36 bits per heavy atom. The Morgan fingerprint density at radius 3 is 3.00 bits per heavy atom. The number of halogens is 1. The lowest BCUT2D eigenvalue weighted by molar-refractivity contribution is 0.319. The van der Waals surface area contributed by atoms with E-state index in [1.807, 2.05) is 0 Å². The van der Waals surface area contributed by atoms with Gasteiger partial charge < -0.3 is 20.2 Å². The van der Waals surface area contributed by atoms with E-state index in [2.05, 4.69) is 25.4 Å². The van der Waals surface area contributed by atoms with Crippen molar-refractivity contribution in [3.05, 3.63) is 48.2 Å². The Bertz CT molecular complexity index is 846. The molecule has 3 N–H and O–H groups in total. The number of pyridine rings is 1. The molecule has 3 aromatic rings. The topological polar surface area (TPSA) is 95.4 Å². The lowest BCUT2D eigenvalue weighted by atomic mass is 10.2. The summed E-state index contributed by atoms with van der Waals surface area (Å²) in [4.78, 5) is 11.1. The highest BCUT2D eigenvalue weighted by molar-refractivity contribution is 6.13. The number of amidine groups is 1. The quantitative estimate of drug-likeness (QED) is 0.299. The monoisotopic (exact) mass is 301 g/mol. The van der Waals surface area contributed by atoms with Crippen molar-refractivity contribution in [2.24, 2.45) is 5.16 Å². The van der Waals surface area contributed by atoms with Crippen molar-refractivity contribution in [3.63, 3.8) is 0 Å². The molecule has 2 aromatic heterocycles. The standard InChI is InChI=1S/C14H12FN5O2/c1-22-11-6-8(2-3-10(11)15)19-13(20-21)9-4-5-16-14-12(9)17-7-18-14/h2-7,21H,1H3,(H,19,20)(H,16,17,18). The summed E-state index contributed by atoms with van der Waals surface area (Å²) in [6, 6.07) is 5.90. The predicted molar refractivity (Wildman–Crippen MR) is 78.8 cm³/mol. The van der Waals surface area contributed by atoms with Gasteiger partial charge in [-0.2, -0.15) is 0 Å². The number of oxime groups is 1. The molecule has 0 aliphatic carbocycles. The second-order valence-electron chi connectivity index (χ2n) is 4.38. The fraction of sp³-hybridized carbons (Fsp3) is 0.0714. The van der Waals surface area contributed by atoms with Gasteiger partial charge in [0.2, 0.25) is 0 Å². The molecule has 0 aliphatic rings. The second kappa shape index (κ2) is 5.68. The number of nitrogens with one attached hydrogen (secondary N) is 2. The second-order valence-corrected chi connectivity index (χ2v) is 4.38. The van der Waals surface area contributed by atoms with Gasteiger partial charge in [0.15, 0.2) is 23.0 Å². The maximum Gasteiger partial charge on any atom is 0.179 e. The van der Waals surface area contributed by atoms with Gasteiger partial charge in [-0.25, -0.2) is 14.4 Å². The van der Waals surface area contributed by atoms with Gasteiger partial charge in [0.1, 0.15) is 0 Å². The molecule has 0 saturated heterocycles. The molecule has 0 aliphatic heterocycles. The van der Waals surface area contributed by atoms with Gasteiger partial charge in [0.05, 0.1) is 19.0 Å². The van der Waals surface area contributed by atoms with Crippen molar-refractivity contribution in [2.75, 3.05) is 12.4 Å². The zero-order valence-corrected chi connectivity index (χ0v) is 11.5. The van der Waals surface area contributed by atoms with Crippen LogP contribution in [0.15, 0.2) is 41.9 Å². The van der Waals surface area contributed by atoms with Gasteiger partial charge in [-0.05, 0) is 18.2 Å². The van der Waals surface area contributed by atoms with Gasteiger partial charge in [-0.3, -0.25) is 0 Å². The maximum atomic E-state index is 13.4. The van der Waals surface area contributed by atoms with Gasteiger partial charge in [-0.1, -0.05) is 5.16 Å². The van der Waals surface area contributed by atoms with E-state index in [0.29, 0.717) is 22.4 Å². The molecule has 2 heterocycles. The van der Waals surface area contributed by atoms with Crippen molar-refractivity contribution in [3.8, 4) is 5.75 Å². The Balaban J connectivity index is 1.98. The number of anilines is 1. The number of rotatable bonds is 3. The smallest absolute Gasteiger partial charge is 0.179 e. The van der Waals surface area contributed by atoms with Crippen molar-refractivity contribution in [1.29, 1.82) is 0 Å². The molecule has 0 spiro atoms. The minimum absolute atomic E-state index is 0.0868. The number of methoxy groups -OCH3 is 1. The number of fused-ring (bicyclic) bond motifs is 1. The number of hydrogen-bond donors (Lipinski definition) is 3. The van der Waals surface area contributed by atoms with Gasteiger partial charge in [0, 0.05) is 23.5 Å². The van der Waals surface area contributed by atoms with Crippen LogP contribution in [-0.4, -0.2) is 33.1 Å². The highest BCUT2D eigenvalue weighted by Gasteiger charge is 2.12. The van der Waals surface area contributed by atoms with E-state index in [1.165, 1.54) is 31.6 Å². The zero-order valence-electron chi connectivity index (χ0n) is 11.5. The first-order valence-electron chi connectivity index (χ1n) is 6.34. The number of ether oxygens (including phenoxy) is 1. The van der Waals surface area contributed by atoms with Crippen molar-refractivity contribution in [2.45, 2.75) is 0 Å². The highest BCUT2D eigenvalue weighted by Crippen LogP contribution is 2.22. The van der Waals surface area contributed by atoms with Crippen LogP contribution in [-0.2, 0) is 0 Å². The number of aromatic nitrogens is 3. The molecule has 8 heteroatoms. The van der Waals surface area contributed by atoms with E-state index in [4.69, 9.17) is 4.74 Å². The third-order valence-corrected chi connectivity index (χ3v) is 3.10. The number of benzene rings is 1. The largest absolute Gasteiger partial charge is 0.494 e. The van der Waals surface area contributed by atoms with E-state index in [1.54, 1.807) is 12.3 Å². The zero-order chi connectivity index (χ0) is 15.5. The third kappa shape index (κ3) is 2.41. The van der Waals surface area contributed by atoms with Crippen LogP contribution in [0, 0.1) is 5.82 Å². The molecule has 0 saturated carbocycles. The fourth-order valence-corrected chi connectivity index (χ4v) is 2.07. The van der Waals surface area contributed by atoms with Crippen molar-refractivity contribution >= 4 is 22.7 Å². The molecule has 0 amide bonds. The van der Waals surface area contributed by atoms with Gasteiger partial charge in [-0.15, -0.1) is 0 Å². The van der Waals surface area contributed by atoms with Crippen LogP contribution >= 0.6 is 0 Å². The molecule has 0 fully saturated rings. The molecule has 0 radical (unpaired) electrons. The van der Waals surface area contributed by atoms with Crippen LogP contribution in [0.25, 0.3) is 11.2 Å². The summed E-state index contributed by atoms with van der Waals surface area (Å²) in [6.45, 7) is 0. The first kappa shape index (κ1) is 13.8. The lowest BCUT2D eigenvalue weighted by Crippen LogP contribution is -2.14. The molecule has 0 bridgehead atoms. The van der Waals surface area contributed by atoms with Crippen LogP contribution in [0.3, 0.4) is 0 Å². The molecule has 0 unspecified atom stereocenters. The van der Waals surface area contributed by atoms with Crippen molar-refractivity contribution < 1.29 is 14.3 Å². The Morgan fingerprint density at radius 2 is 2.23 bits per heavy atom. The first-order chi connectivity index (χ1) is 10.7. The normalized spacial score (nSPS) is 11.6. The van der Waals surface area contributed by atoms with Crippen LogP contribution in [0.5, 0.6) is 5.75 Å². The summed E-state index contributed by atoms with van der Waals surface area (Å²) in [5, 5.41) is 15.4. The minimum atomic E-state index is -0.476. The average molecular weight is 301 g/mol. The van der Waals surface area contributed by atoms with E-state index >= 15 is 0 Å². The third-order valence-electron chi connectivity index (χ3n) is 3.10. The average Bonchev–Trinajstić information content (AvgIpc) is 3.02. The number of hydrogen-bond acceptors (Lipinski definition) is 5. The maximum absolute atomic E-state index is 13.4. The van der Waals surface area contributed by atoms with Crippen molar-refractivity contribution in [1.82, 2.24) is 15.0 Å². The lowest BCUT2D eigenvalue weighted by Gasteiger charge is -2.10. The summed E-state index contributed by atoms with van der Waals surface area (Å²) < 4.78 is 18.3. The SMILES string of the molecule is COc1cc(N/C(=N/O)c2ccnc3nc[nH]c23)ccc1F. The van der Waals surface area contributed by atoms with Crippen LogP contribution in [0.4, 0.5) is 10.1 Å². The van der Waals surface area contributed by atoms with E-state index in [0.717, 1.165) is 0 Å². The molecule has 22 heavy (non-hydrogen) atoms. The van der Waals surface area contributed by atoms with Gasteiger partial charge >= 0.3 is 0 Å². The predicted octanol–water partition coefficient (Wildman–Crippen LogP) is 2.35. The van der Waals surface area contributed by atoms with Crippen LogP contribution in [0.2, 0.25) is 0 Å². The summed E-state index contributed by atoms with van der Waals surface area (Å²) in [5.74, 6) is -0.218. The molecule has 0 atom stereocenters. The van der Waals surface area contributed by atoms with Gasteiger partial charge in [0.25, 0.3) is 0 Å². The number of nitrogens with zero attached hydrogens (tertiary/aromatic N) is 3. The highest BCUT2D eigenvalue weighted by atomic mass is 19.1. The summed E-state index contributed by atoms with van der Waals surface area (Å²) >= 11 is 0. The molecule has 7 nitrogen and oxygen atoms in total. The molecular formula is C14H12FN5O2. The molecule has 3 rings (SSSR count). The number of H-pyrrole nitrogens is 1. The van der Waals surface area contributed by atoms with Crippen LogP contribution < -0.4 is 10.1 Å². The fourth-order valence-electron chi connectivity index (χ4n) is 2.07.